The van der Waals surface area contributed by atoms with E-state index in [1.165, 1.54) is 41.7 Å². The van der Waals surface area contributed by atoms with E-state index in [9.17, 15) is 9.59 Å². The summed E-state index contributed by atoms with van der Waals surface area (Å²) in [5.41, 5.74) is 3.72. The lowest BCUT2D eigenvalue weighted by atomic mass is 10.0. The Balaban J connectivity index is 1.47. The van der Waals surface area contributed by atoms with E-state index < -0.39 is 0 Å². The standard InChI is InChI=1S/C23H27NO2/c1-2-3-4-5-9-18-13-15-19(16-14-18)10-8-17-24-22(25)20-11-6-7-12-21(20)23(24)26/h6-7,11-16H,2-5,8-10,17H2,1H3. The molecular formula is C23H27NO2. The summed E-state index contributed by atoms with van der Waals surface area (Å²) in [7, 11) is 0. The van der Waals surface area contributed by atoms with Crippen molar-refractivity contribution >= 4 is 11.8 Å². The summed E-state index contributed by atoms with van der Waals surface area (Å²) in [4.78, 5) is 26.1. The minimum atomic E-state index is -0.159. The Morgan fingerprint density at radius 3 is 1.77 bits per heavy atom. The third-order valence-corrected chi connectivity index (χ3v) is 5.07. The third-order valence-electron chi connectivity index (χ3n) is 5.07. The van der Waals surface area contributed by atoms with Gasteiger partial charge in [-0.3, -0.25) is 14.5 Å². The van der Waals surface area contributed by atoms with Gasteiger partial charge < -0.3 is 0 Å². The molecule has 0 saturated heterocycles. The van der Waals surface area contributed by atoms with Crippen LogP contribution in [-0.2, 0) is 12.8 Å². The highest BCUT2D eigenvalue weighted by Crippen LogP contribution is 2.22. The smallest absolute Gasteiger partial charge is 0.261 e. The van der Waals surface area contributed by atoms with Crippen molar-refractivity contribution < 1.29 is 9.59 Å². The SMILES string of the molecule is CCCCCCc1ccc(CCCN2C(=O)c3ccccc3C2=O)cc1. The van der Waals surface area contributed by atoms with Gasteiger partial charge in [-0.2, -0.15) is 0 Å². The van der Waals surface area contributed by atoms with Crippen LogP contribution in [0.25, 0.3) is 0 Å². The second kappa shape index (κ2) is 8.79. The normalized spacial score (nSPS) is 13.3. The zero-order valence-corrected chi connectivity index (χ0v) is 15.5. The lowest BCUT2D eigenvalue weighted by Gasteiger charge is -2.13. The number of hydrogen-bond donors (Lipinski definition) is 0. The molecule has 1 aliphatic heterocycles. The summed E-state index contributed by atoms with van der Waals surface area (Å²) in [6, 6.07) is 15.8. The van der Waals surface area contributed by atoms with Crippen LogP contribution < -0.4 is 0 Å². The molecule has 0 aromatic heterocycles. The van der Waals surface area contributed by atoms with E-state index in [1.807, 2.05) is 0 Å². The van der Waals surface area contributed by atoms with Gasteiger partial charge in [-0.05, 0) is 48.9 Å². The molecule has 2 amide bonds. The number of carbonyl (C=O) groups excluding carboxylic acids is 2. The molecule has 136 valence electrons. The third kappa shape index (κ3) is 4.21. The quantitative estimate of drug-likeness (QED) is 0.470. The number of hydrogen-bond acceptors (Lipinski definition) is 2. The van der Waals surface area contributed by atoms with Crippen molar-refractivity contribution in [3.63, 3.8) is 0 Å². The molecule has 1 aliphatic rings. The van der Waals surface area contributed by atoms with Crippen LogP contribution in [-0.4, -0.2) is 23.3 Å². The molecule has 0 atom stereocenters. The maximum atomic E-state index is 12.3. The molecule has 0 N–H and O–H groups in total. The largest absolute Gasteiger partial charge is 0.274 e. The van der Waals surface area contributed by atoms with Crippen LogP contribution in [0.5, 0.6) is 0 Å². The molecule has 0 aliphatic carbocycles. The van der Waals surface area contributed by atoms with Crippen molar-refractivity contribution in [2.24, 2.45) is 0 Å². The van der Waals surface area contributed by atoms with Crippen molar-refractivity contribution in [1.82, 2.24) is 4.90 Å². The number of carbonyl (C=O) groups is 2. The van der Waals surface area contributed by atoms with Crippen molar-refractivity contribution in [3.8, 4) is 0 Å². The molecule has 0 spiro atoms. The number of aryl methyl sites for hydroxylation is 2. The van der Waals surface area contributed by atoms with E-state index in [0.717, 1.165) is 19.3 Å². The minimum absolute atomic E-state index is 0.159. The first-order valence-corrected chi connectivity index (χ1v) is 9.73. The first-order chi connectivity index (χ1) is 12.7. The summed E-state index contributed by atoms with van der Waals surface area (Å²) in [5, 5.41) is 0. The van der Waals surface area contributed by atoms with Crippen LogP contribution in [0.3, 0.4) is 0 Å². The van der Waals surface area contributed by atoms with Crippen molar-refractivity contribution in [1.29, 1.82) is 0 Å². The van der Waals surface area contributed by atoms with Crippen LogP contribution in [0.1, 0.15) is 70.9 Å². The van der Waals surface area contributed by atoms with Crippen LogP contribution >= 0.6 is 0 Å². The summed E-state index contributed by atoms with van der Waals surface area (Å²) in [6.45, 7) is 2.71. The van der Waals surface area contributed by atoms with Gasteiger partial charge in [0.05, 0.1) is 11.1 Å². The first kappa shape index (κ1) is 18.4. The lowest BCUT2D eigenvalue weighted by Crippen LogP contribution is -2.30. The van der Waals surface area contributed by atoms with Gasteiger partial charge in [0, 0.05) is 6.54 Å². The van der Waals surface area contributed by atoms with E-state index >= 15 is 0 Å². The Labute approximate surface area is 156 Å². The minimum Gasteiger partial charge on any atom is -0.274 e. The predicted octanol–water partition coefficient (Wildman–Crippen LogP) is 5.04. The van der Waals surface area contributed by atoms with E-state index in [2.05, 4.69) is 31.2 Å². The number of benzene rings is 2. The zero-order chi connectivity index (χ0) is 18.4. The second-order valence-corrected chi connectivity index (χ2v) is 7.04. The maximum absolute atomic E-state index is 12.3. The van der Waals surface area contributed by atoms with Gasteiger partial charge in [0.15, 0.2) is 0 Å². The summed E-state index contributed by atoms with van der Waals surface area (Å²) < 4.78 is 0. The Hall–Kier alpha value is -2.42. The fourth-order valence-electron chi connectivity index (χ4n) is 3.51. The number of rotatable bonds is 9. The fourth-order valence-corrected chi connectivity index (χ4v) is 3.51. The summed E-state index contributed by atoms with van der Waals surface area (Å²) in [6.07, 6.45) is 7.97. The Morgan fingerprint density at radius 1 is 0.692 bits per heavy atom. The maximum Gasteiger partial charge on any atom is 0.261 e. The molecular weight excluding hydrogens is 322 g/mol. The van der Waals surface area contributed by atoms with Crippen LogP contribution in [0, 0.1) is 0 Å². The van der Waals surface area contributed by atoms with Gasteiger partial charge in [0.1, 0.15) is 0 Å². The monoisotopic (exact) mass is 349 g/mol. The van der Waals surface area contributed by atoms with E-state index in [4.69, 9.17) is 0 Å². The number of imide groups is 1. The molecule has 0 bridgehead atoms. The van der Waals surface area contributed by atoms with E-state index in [-0.39, 0.29) is 11.8 Å². The van der Waals surface area contributed by atoms with Crippen LogP contribution in [0.2, 0.25) is 0 Å². The molecule has 26 heavy (non-hydrogen) atoms. The fraction of sp³-hybridized carbons (Fsp3) is 0.391. The first-order valence-electron chi connectivity index (χ1n) is 9.73. The summed E-state index contributed by atoms with van der Waals surface area (Å²) >= 11 is 0. The van der Waals surface area contributed by atoms with Crippen LogP contribution in [0.15, 0.2) is 48.5 Å². The average molecular weight is 349 g/mol. The van der Waals surface area contributed by atoms with E-state index in [0.29, 0.717) is 17.7 Å². The average Bonchev–Trinajstić information content (AvgIpc) is 2.91. The molecule has 2 aromatic carbocycles. The van der Waals surface area contributed by atoms with Gasteiger partial charge in [-0.15, -0.1) is 0 Å². The van der Waals surface area contributed by atoms with Crippen molar-refractivity contribution in [2.45, 2.75) is 51.9 Å². The second-order valence-electron chi connectivity index (χ2n) is 7.04. The zero-order valence-electron chi connectivity index (χ0n) is 15.5. The summed E-state index contributed by atoms with van der Waals surface area (Å²) in [5.74, 6) is -0.318. The van der Waals surface area contributed by atoms with Crippen molar-refractivity contribution in [3.05, 3.63) is 70.8 Å². The Kier molecular flexibility index (Phi) is 6.21. The van der Waals surface area contributed by atoms with Gasteiger partial charge in [-0.1, -0.05) is 62.6 Å². The molecule has 3 heteroatoms. The Morgan fingerprint density at radius 2 is 1.23 bits per heavy atom. The number of fused-ring (bicyclic) bond motifs is 1. The molecule has 0 saturated carbocycles. The molecule has 1 heterocycles. The molecule has 3 rings (SSSR count). The predicted molar refractivity (Wildman–Crippen MR) is 104 cm³/mol. The molecule has 2 aromatic rings. The number of amides is 2. The molecule has 0 unspecified atom stereocenters. The van der Waals surface area contributed by atoms with Crippen molar-refractivity contribution in [2.75, 3.05) is 6.54 Å². The van der Waals surface area contributed by atoms with Crippen LogP contribution in [0.4, 0.5) is 0 Å². The number of unbranched alkanes of at least 4 members (excludes halogenated alkanes) is 3. The number of nitrogens with zero attached hydrogens (tertiary/aromatic N) is 1. The highest BCUT2D eigenvalue weighted by atomic mass is 16.2. The lowest BCUT2D eigenvalue weighted by molar-refractivity contribution is 0.0652. The molecule has 0 fully saturated rings. The van der Waals surface area contributed by atoms with Gasteiger partial charge in [-0.25, -0.2) is 0 Å². The topological polar surface area (TPSA) is 37.4 Å². The highest BCUT2D eigenvalue weighted by Gasteiger charge is 2.34. The van der Waals surface area contributed by atoms with Gasteiger partial charge in [0.25, 0.3) is 11.8 Å². The van der Waals surface area contributed by atoms with Gasteiger partial charge in [0.2, 0.25) is 0 Å². The highest BCUT2D eigenvalue weighted by molar-refractivity contribution is 6.21. The Bertz CT molecular complexity index is 729. The molecule has 0 radical (unpaired) electrons. The van der Waals surface area contributed by atoms with Gasteiger partial charge >= 0.3 is 0 Å². The molecule has 3 nitrogen and oxygen atoms in total. The van der Waals surface area contributed by atoms with E-state index in [1.54, 1.807) is 24.3 Å².